The minimum Gasteiger partial charge on any atom is -0.508 e. The molecule has 252 valence electrons. The molecule has 0 spiro atoms. The number of amides is 3. The summed E-state index contributed by atoms with van der Waals surface area (Å²) in [5, 5.41) is 16.1. The van der Waals surface area contributed by atoms with Crippen molar-refractivity contribution in [2.24, 2.45) is 0 Å². The van der Waals surface area contributed by atoms with Gasteiger partial charge in [0.05, 0.1) is 0 Å². The summed E-state index contributed by atoms with van der Waals surface area (Å²) in [5.41, 5.74) is -0.378. The molecule has 3 amide bonds. The number of nitrogens with one attached hydrogen (secondary N) is 2. The van der Waals surface area contributed by atoms with Gasteiger partial charge in [0.15, 0.2) is 0 Å². The topological polar surface area (TPSA) is 134 Å². The Balaban J connectivity index is 2.05. The van der Waals surface area contributed by atoms with Crippen molar-refractivity contribution in [1.29, 1.82) is 0 Å². The Morgan fingerprint density at radius 3 is 2.11 bits per heavy atom. The van der Waals surface area contributed by atoms with E-state index in [1.807, 2.05) is 36.6 Å². The fourth-order valence-corrected chi connectivity index (χ4v) is 5.58. The van der Waals surface area contributed by atoms with Gasteiger partial charge < -0.3 is 30.1 Å². The van der Waals surface area contributed by atoms with Crippen LogP contribution < -0.4 is 10.6 Å². The molecule has 0 bridgehead atoms. The van der Waals surface area contributed by atoms with E-state index in [1.54, 1.807) is 53.7 Å². The van der Waals surface area contributed by atoms with Gasteiger partial charge in [0, 0.05) is 12.5 Å². The van der Waals surface area contributed by atoms with Gasteiger partial charge in [-0.1, -0.05) is 42.5 Å². The zero-order chi connectivity index (χ0) is 34.1. The molecule has 2 aromatic carbocycles. The van der Waals surface area contributed by atoms with Gasteiger partial charge in [-0.15, -0.1) is 0 Å². The van der Waals surface area contributed by atoms with E-state index in [1.165, 1.54) is 28.8 Å². The van der Waals surface area contributed by atoms with Gasteiger partial charge >= 0.3 is 12.1 Å². The highest BCUT2D eigenvalue weighted by atomic mass is 32.2. The minimum atomic E-state index is -1.21. The third-order valence-electron chi connectivity index (χ3n) is 7.33. The predicted molar refractivity (Wildman–Crippen MR) is 179 cm³/mol. The van der Waals surface area contributed by atoms with Crippen molar-refractivity contribution in [2.75, 3.05) is 12.0 Å². The summed E-state index contributed by atoms with van der Waals surface area (Å²) < 4.78 is 11.2. The minimum absolute atomic E-state index is 0.0740. The summed E-state index contributed by atoms with van der Waals surface area (Å²) >= 11 is 1.53. The van der Waals surface area contributed by atoms with Crippen LogP contribution in [0.2, 0.25) is 0 Å². The average molecular weight is 656 g/mol. The first-order valence-corrected chi connectivity index (χ1v) is 17.1. The number of rotatable bonds is 13. The molecule has 1 aliphatic rings. The Labute approximate surface area is 277 Å². The Kier molecular flexibility index (Phi) is 12.9. The Morgan fingerprint density at radius 1 is 0.913 bits per heavy atom. The summed E-state index contributed by atoms with van der Waals surface area (Å²) in [6, 6.07) is 12.0. The van der Waals surface area contributed by atoms with Crippen molar-refractivity contribution in [3.05, 3.63) is 65.7 Å². The summed E-state index contributed by atoms with van der Waals surface area (Å²) in [6.45, 7) is 10.5. The molecular formula is C35H49N3O7S. The first-order valence-electron chi connectivity index (χ1n) is 15.7. The lowest BCUT2D eigenvalue weighted by molar-refractivity contribution is -0.159. The second kappa shape index (κ2) is 16.2. The molecule has 0 heterocycles. The van der Waals surface area contributed by atoms with Crippen LogP contribution in [0.1, 0.15) is 84.4 Å². The molecule has 3 rings (SSSR count). The van der Waals surface area contributed by atoms with Crippen LogP contribution in [0, 0.1) is 0 Å². The Morgan fingerprint density at radius 2 is 1.57 bits per heavy atom. The molecule has 11 heteroatoms. The average Bonchev–Trinajstić information content (AvgIpc) is 2.92. The smallest absolute Gasteiger partial charge is 0.408 e. The number of phenolic OH excluding ortho intramolecular Hbond substituents is 1. The van der Waals surface area contributed by atoms with E-state index in [4.69, 9.17) is 9.47 Å². The van der Waals surface area contributed by atoms with Gasteiger partial charge in [0.25, 0.3) is 0 Å². The van der Waals surface area contributed by atoms with Gasteiger partial charge in [-0.05, 0) is 102 Å². The quantitative estimate of drug-likeness (QED) is 0.240. The summed E-state index contributed by atoms with van der Waals surface area (Å²) in [6.07, 6.45) is 3.85. The van der Waals surface area contributed by atoms with E-state index in [-0.39, 0.29) is 18.2 Å². The lowest BCUT2D eigenvalue weighted by Gasteiger charge is -2.44. The normalized spacial score (nSPS) is 15.5. The number of phenols is 1. The van der Waals surface area contributed by atoms with Crippen molar-refractivity contribution in [2.45, 2.75) is 109 Å². The maximum absolute atomic E-state index is 14.5. The SMILES string of the molecule is CSCCC(NC(=O)OC(C)(C)C)C(=O)N(C1CCC1)C(C(=O)NC(Cc1ccccc1)C(=O)OC(C)(C)C)c1cccc(O)c1. The third kappa shape index (κ3) is 11.3. The number of ether oxygens (including phenoxy) is 2. The highest BCUT2D eigenvalue weighted by Gasteiger charge is 2.43. The molecule has 3 N–H and O–H groups in total. The Bertz CT molecular complexity index is 1340. The van der Waals surface area contributed by atoms with Gasteiger partial charge in [-0.25, -0.2) is 9.59 Å². The number of aromatic hydroxyl groups is 1. The summed E-state index contributed by atoms with van der Waals surface area (Å²) in [7, 11) is 0. The van der Waals surface area contributed by atoms with E-state index in [9.17, 15) is 24.3 Å². The molecule has 3 unspecified atom stereocenters. The highest BCUT2D eigenvalue weighted by Crippen LogP contribution is 2.35. The standard InChI is InChI=1S/C35H49N3O7S/c1-34(2,3)44-32(42)28(21-23-13-9-8-10-14-23)36-30(40)29(24-15-11-18-26(39)22-24)38(25-16-12-17-25)31(41)27(19-20-46-7)37-33(43)45-35(4,5)6/h8-11,13-15,18,22,25,27-29,39H,12,16-17,19-21H2,1-7H3,(H,36,40)(H,37,43). The summed E-state index contributed by atoms with van der Waals surface area (Å²) in [4.78, 5) is 56.8. The lowest BCUT2D eigenvalue weighted by Crippen LogP contribution is -2.58. The number of carbonyl (C=O) groups is 4. The van der Waals surface area contributed by atoms with Gasteiger partial charge in [0.2, 0.25) is 11.8 Å². The van der Waals surface area contributed by atoms with E-state index in [0.717, 1.165) is 12.0 Å². The number of thioether (sulfide) groups is 1. The van der Waals surface area contributed by atoms with Crippen molar-refractivity contribution >= 4 is 35.6 Å². The maximum atomic E-state index is 14.5. The molecule has 0 aliphatic heterocycles. The summed E-state index contributed by atoms with van der Waals surface area (Å²) in [5.74, 6) is -1.14. The van der Waals surface area contributed by atoms with Gasteiger partial charge in [0.1, 0.15) is 35.1 Å². The zero-order valence-corrected chi connectivity index (χ0v) is 28.8. The van der Waals surface area contributed by atoms with Crippen molar-refractivity contribution in [3.8, 4) is 5.75 Å². The molecule has 1 saturated carbocycles. The first-order chi connectivity index (χ1) is 21.6. The maximum Gasteiger partial charge on any atom is 0.408 e. The molecule has 2 aromatic rings. The highest BCUT2D eigenvalue weighted by molar-refractivity contribution is 7.98. The van der Waals surface area contributed by atoms with Crippen LogP contribution in [0.15, 0.2) is 54.6 Å². The van der Waals surface area contributed by atoms with E-state index < -0.39 is 53.2 Å². The van der Waals surface area contributed by atoms with Crippen LogP contribution >= 0.6 is 11.8 Å². The number of hydrogen-bond donors (Lipinski definition) is 3. The molecule has 0 radical (unpaired) electrons. The lowest BCUT2D eigenvalue weighted by atomic mass is 9.87. The largest absolute Gasteiger partial charge is 0.508 e. The van der Waals surface area contributed by atoms with Crippen molar-refractivity contribution in [1.82, 2.24) is 15.5 Å². The number of hydrogen-bond acceptors (Lipinski definition) is 8. The molecule has 1 aliphatic carbocycles. The molecule has 0 saturated heterocycles. The number of alkyl carbamates (subject to hydrolysis) is 1. The molecule has 10 nitrogen and oxygen atoms in total. The molecule has 0 aromatic heterocycles. The van der Waals surface area contributed by atoms with E-state index in [2.05, 4.69) is 10.6 Å². The van der Waals surface area contributed by atoms with E-state index in [0.29, 0.717) is 30.6 Å². The van der Waals surface area contributed by atoms with Gasteiger partial charge in [-0.3, -0.25) is 9.59 Å². The second-order valence-corrected chi connectivity index (χ2v) is 14.6. The fraction of sp³-hybridized carbons (Fsp3) is 0.543. The number of esters is 1. The Hall–Kier alpha value is -3.73. The van der Waals surface area contributed by atoms with Crippen LogP contribution in [0.5, 0.6) is 5.75 Å². The predicted octanol–water partition coefficient (Wildman–Crippen LogP) is 5.53. The molecule has 1 fully saturated rings. The number of carbonyl (C=O) groups excluding carboxylic acids is 4. The van der Waals surface area contributed by atoms with Crippen molar-refractivity contribution in [3.63, 3.8) is 0 Å². The van der Waals surface area contributed by atoms with Crippen LogP contribution in [-0.2, 0) is 30.3 Å². The first kappa shape index (κ1) is 36.7. The zero-order valence-electron chi connectivity index (χ0n) is 28.0. The van der Waals surface area contributed by atoms with Crippen molar-refractivity contribution < 1.29 is 33.8 Å². The van der Waals surface area contributed by atoms with E-state index >= 15 is 0 Å². The number of benzene rings is 2. The van der Waals surface area contributed by atoms with Crippen LogP contribution in [0.3, 0.4) is 0 Å². The molecular weight excluding hydrogens is 606 g/mol. The van der Waals surface area contributed by atoms with Crippen LogP contribution in [-0.4, -0.2) is 75.2 Å². The second-order valence-electron chi connectivity index (χ2n) is 13.6. The van der Waals surface area contributed by atoms with Crippen LogP contribution in [0.4, 0.5) is 4.79 Å². The third-order valence-corrected chi connectivity index (χ3v) is 7.97. The van der Waals surface area contributed by atoms with Crippen LogP contribution in [0.25, 0.3) is 0 Å². The monoisotopic (exact) mass is 655 g/mol. The molecule has 3 atom stereocenters. The number of nitrogens with zero attached hydrogens (tertiary/aromatic N) is 1. The fourth-order valence-electron chi connectivity index (χ4n) is 5.11. The van der Waals surface area contributed by atoms with Gasteiger partial charge in [-0.2, -0.15) is 11.8 Å². The molecule has 46 heavy (non-hydrogen) atoms.